The van der Waals surface area contributed by atoms with Crippen LogP contribution in [0.1, 0.15) is 5.56 Å². The van der Waals surface area contributed by atoms with Crippen molar-refractivity contribution in [1.82, 2.24) is 9.88 Å². The lowest BCUT2D eigenvalue weighted by molar-refractivity contribution is -0.0113. The second-order valence-electron chi connectivity index (χ2n) is 6.55. The molecule has 138 valence electrons. The fourth-order valence-electron chi connectivity index (χ4n) is 3.35. The van der Waals surface area contributed by atoms with Crippen molar-refractivity contribution < 1.29 is 9.53 Å². The zero-order valence-electron chi connectivity index (χ0n) is 14.8. The number of aromatic nitrogens is 1. The number of anilines is 1. The van der Waals surface area contributed by atoms with E-state index in [1.165, 1.54) is 5.56 Å². The molecule has 5 nitrogen and oxygen atoms in total. The highest BCUT2D eigenvalue weighted by molar-refractivity contribution is 6.35. The normalized spacial score (nSPS) is 17.1. The first-order valence-electron chi connectivity index (χ1n) is 8.95. The number of halogens is 1. The lowest BCUT2D eigenvalue weighted by atomic mass is 10.1. The molecule has 1 aliphatic heterocycles. The van der Waals surface area contributed by atoms with Crippen LogP contribution in [0.4, 0.5) is 10.5 Å². The van der Waals surface area contributed by atoms with E-state index in [1.54, 1.807) is 17.2 Å². The number of carbonyl (C=O) groups excluding carboxylic acids is 1. The molecule has 1 aliphatic rings. The van der Waals surface area contributed by atoms with Gasteiger partial charge in [0.15, 0.2) is 0 Å². The van der Waals surface area contributed by atoms with Crippen molar-refractivity contribution in [3.05, 3.63) is 71.4 Å². The monoisotopic (exact) mass is 381 g/mol. The molecule has 1 N–H and O–H groups in total. The Bertz CT molecular complexity index is 949. The van der Waals surface area contributed by atoms with Crippen LogP contribution in [-0.4, -0.2) is 41.7 Å². The van der Waals surface area contributed by atoms with Crippen LogP contribution in [-0.2, 0) is 11.2 Å². The largest absolute Gasteiger partial charge is 0.374 e. The minimum atomic E-state index is -0.135. The van der Waals surface area contributed by atoms with E-state index in [1.807, 2.05) is 36.4 Å². The highest BCUT2D eigenvalue weighted by Gasteiger charge is 2.25. The van der Waals surface area contributed by atoms with E-state index in [2.05, 4.69) is 22.4 Å². The number of nitrogens with zero attached hydrogens (tertiary/aromatic N) is 2. The number of pyridine rings is 1. The predicted octanol–water partition coefficient (Wildman–Crippen LogP) is 4.36. The molecular weight excluding hydrogens is 362 g/mol. The van der Waals surface area contributed by atoms with Crippen LogP contribution in [0.5, 0.6) is 0 Å². The maximum absolute atomic E-state index is 12.8. The Morgan fingerprint density at radius 1 is 1.19 bits per heavy atom. The van der Waals surface area contributed by atoms with Crippen molar-refractivity contribution >= 4 is 34.2 Å². The zero-order valence-corrected chi connectivity index (χ0v) is 15.5. The number of amides is 2. The van der Waals surface area contributed by atoms with Gasteiger partial charge in [0, 0.05) is 31.1 Å². The third kappa shape index (κ3) is 4.04. The van der Waals surface area contributed by atoms with Gasteiger partial charge in [0.1, 0.15) is 0 Å². The Kier molecular flexibility index (Phi) is 5.23. The van der Waals surface area contributed by atoms with Crippen molar-refractivity contribution in [3.8, 4) is 0 Å². The molecule has 0 spiro atoms. The summed E-state index contributed by atoms with van der Waals surface area (Å²) in [6, 6.07) is 17.4. The van der Waals surface area contributed by atoms with E-state index in [0.29, 0.717) is 35.9 Å². The molecule has 6 heteroatoms. The summed E-state index contributed by atoms with van der Waals surface area (Å²) in [7, 11) is 0. The first kappa shape index (κ1) is 17.8. The Balaban J connectivity index is 1.46. The number of nitrogens with one attached hydrogen (secondary N) is 1. The fourth-order valence-corrected chi connectivity index (χ4v) is 3.56. The van der Waals surface area contributed by atoms with E-state index in [9.17, 15) is 4.79 Å². The zero-order chi connectivity index (χ0) is 18.6. The van der Waals surface area contributed by atoms with Crippen LogP contribution in [0.3, 0.4) is 0 Å². The fraction of sp³-hybridized carbons (Fsp3) is 0.238. The summed E-state index contributed by atoms with van der Waals surface area (Å²) in [5, 5.41) is 4.39. The summed E-state index contributed by atoms with van der Waals surface area (Å²) in [6.45, 7) is 1.67. The van der Waals surface area contributed by atoms with Gasteiger partial charge in [0.2, 0.25) is 0 Å². The number of hydrogen-bond acceptors (Lipinski definition) is 3. The van der Waals surface area contributed by atoms with Gasteiger partial charge < -0.3 is 15.0 Å². The van der Waals surface area contributed by atoms with Crippen LogP contribution in [0, 0.1) is 0 Å². The summed E-state index contributed by atoms with van der Waals surface area (Å²) in [6.07, 6.45) is 2.48. The molecule has 4 rings (SSSR count). The number of rotatable bonds is 3. The topological polar surface area (TPSA) is 54.5 Å². The SMILES string of the molecule is O=C(Nc1ccc(Cl)c2ncccc12)N1CCOC(Cc2ccccc2)C1. The van der Waals surface area contributed by atoms with Gasteiger partial charge in [-0.05, 0) is 29.8 Å². The highest BCUT2D eigenvalue weighted by Crippen LogP contribution is 2.28. The highest BCUT2D eigenvalue weighted by atomic mass is 35.5. The second kappa shape index (κ2) is 7.94. The van der Waals surface area contributed by atoms with E-state index in [4.69, 9.17) is 16.3 Å². The summed E-state index contributed by atoms with van der Waals surface area (Å²) in [5.74, 6) is 0. The maximum atomic E-state index is 12.8. The molecule has 1 saturated heterocycles. The van der Waals surface area contributed by atoms with Gasteiger partial charge in [-0.1, -0.05) is 41.9 Å². The molecule has 2 amide bonds. The average Bonchev–Trinajstić information content (AvgIpc) is 2.71. The van der Waals surface area contributed by atoms with Crippen molar-refractivity contribution in [2.75, 3.05) is 25.0 Å². The molecule has 1 unspecified atom stereocenters. The van der Waals surface area contributed by atoms with Gasteiger partial charge in [-0.25, -0.2) is 4.79 Å². The van der Waals surface area contributed by atoms with Crippen LogP contribution < -0.4 is 5.32 Å². The van der Waals surface area contributed by atoms with E-state index < -0.39 is 0 Å². The lowest BCUT2D eigenvalue weighted by Crippen LogP contribution is -2.48. The second-order valence-corrected chi connectivity index (χ2v) is 6.96. The first-order valence-corrected chi connectivity index (χ1v) is 9.33. The Morgan fingerprint density at radius 2 is 2.04 bits per heavy atom. The molecule has 1 atom stereocenters. The summed E-state index contributed by atoms with van der Waals surface area (Å²) >= 11 is 6.21. The average molecular weight is 382 g/mol. The first-order chi connectivity index (χ1) is 13.2. The summed E-state index contributed by atoms with van der Waals surface area (Å²) in [4.78, 5) is 18.9. The van der Waals surface area contributed by atoms with Gasteiger partial charge in [0.05, 0.1) is 28.9 Å². The Labute approximate surface area is 162 Å². The summed E-state index contributed by atoms with van der Waals surface area (Å²) < 4.78 is 5.85. The van der Waals surface area contributed by atoms with Gasteiger partial charge in [-0.2, -0.15) is 0 Å². The van der Waals surface area contributed by atoms with Gasteiger partial charge in [-0.3, -0.25) is 4.98 Å². The number of morpholine rings is 1. The molecule has 0 saturated carbocycles. The molecular formula is C21H20ClN3O2. The quantitative estimate of drug-likeness (QED) is 0.733. The number of carbonyl (C=O) groups is 1. The van der Waals surface area contributed by atoms with Crippen molar-refractivity contribution in [3.63, 3.8) is 0 Å². The van der Waals surface area contributed by atoms with Crippen LogP contribution in [0.15, 0.2) is 60.8 Å². The molecule has 0 bridgehead atoms. The number of urea groups is 1. The number of hydrogen-bond donors (Lipinski definition) is 1. The third-order valence-corrected chi connectivity index (χ3v) is 5.00. The maximum Gasteiger partial charge on any atom is 0.322 e. The van der Waals surface area contributed by atoms with Crippen molar-refractivity contribution in [1.29, 1.82) is 0 Å². The number of ether oxygens (including phenoxy) is 1. The molecule has 0 aliphatic carbocycles. The predicted molar refractivity (Wildman–Crippen MR) is 107 cm³/mol. The van der Waals surface area contributed by atoms with E-state index in [-0.39, 0.29) is 12.1 Å². The van der Waals surface area contributed by atoms with Crippen LogP contribution >= 0.6 is 11.6 Å². The smallest absolute Gasteiger partial charge is 0.322 e. The van der Waals surface area contributed by atoms with E-state index >= 15 is 0 Å². The summed E-state index contributed by atoms with van der Waals surface area (Å²) in [5.41, 5.74) is 2.60. The molecule has 2 heterocycles. The van der Waals surface area contributed by atoms with Crippen LogP contribution in [0.25, 0.3) is 10.9 Å². The molecule has 0 radical (unpaired) electrons. The number of fused-ring (bicyclic) bond motifs is 1. The lowest BCUT2D eigenvalue weighted by Gasteiger charge is -2.33. The Morgan fingerprint density at radius 3 is 2.89 bits per heavy atom. The third-order valence-electron chi connectivity index (χ3n) is 4.69. The molecule has 27 heavy (non-hydrogen) atoms. The van der Waals surface area contributed by atoms with Crippen molar-refractivity contribution in [2.24, 2.45) is 0 Å². The molecule has 1 aromatic heterocycles. The minimum absolute atomic E-state index is 0.00414. The number of benzene rings is 2. The molecule has 2 aromatic carbocycles. The van der Waals surface area contributed by atoms with Crippen LogP contribution in [0.2, 0.25) is 5.02 Å². The molecule has 3 aromatic rings. The molecule has 1 fully saturated rings. The van der Waals surface area contributed by atoms with Gasteiger partial charge in [-0.15, -0.1) is 0 Å². The minimum Gasteiger partial charge on any atom is -0.374 e. The van der Waals surface area contributed by atoms with Gasteiger partial charge in [0.25, 0.3) is 0 Å². The van der Waals surface area contributed by atoms with Crippen molar-refractivity contribution in [2.45, 2.75) is 12.5 Å². The van der Waals surface area contributed by atoms with Gasteiger partial charge >= 0.3 is 6.03 Å². The Hall–Kier alpha value is -2.63. The van der Waals surface area contributed by atoms with E-state index in [0.717, 1.165) is 11.8 Å². The standard InChI is InChI=1S/C21H20ClN3O2/c22-18-8-9-19(17-7-4-10-23-20(17)18)24-21(26)25-11-12-27-16(14-25)13-15-5-2-1-3-6-15/h1-10,16H,11-14H2,(H,24,26).